The van der Waals surface area contributed by atoms with Gasteiger partial charge in [0.15, 0.2) is 0 Å². The van der Waals surface area contributed by atoms with E-state index in [1.807, 2.05) is 18.2 Å². The molecular weight excluding hydrogens is 256 g/mol. The minimum Gasteiger partial charge on any atom is -0.219 e. The zero-order valence-electron chi connectivity index (χ0n) is 11.1. The van der Waals surface area contributed by atoms with Gasteiger partial charge in [-0.1, -0.05) is 30.4 Å². The third-order valence-electron chi connectivity index (χ3n) is 3.56. The molecule has 1 aliphatic carbocycles. The van der Waals surface area contributed by atoms with E-state index in [0.29, 0.717) is 22.1 Å². The molecular formula is C16H20O2S. The lowest BCUT2D eigenvalue weighted by atomic mass is 10.0. The number of hydrogen-bond donors (Lipinski definition) is 0. The van der Waals surface area contributed by atoms with Crippen molar-refractivity contribution < 1.29 is 8.42 Å². The van der Waals surface area contributed by atoms with Crippen molar-refractivity contribution in [1.82, 2.24) is 0 Å². The zero-order valence-corrected chi connectivity index (χ0v) is 11.9. The van der Waals surface area contributed by atoms with Crippen LogP contribution in [-0.4, -0.2) is 8.42 Å². The zero-order chi connectivity index (χ0) is 13.7. The SMILES string of the molecule is C=CCCCC1C=C(S(=O)(=O)c2ccccc2)CC1. The minimum absolute atomic E-state index is 0.410. The molecule has 1 aromatic rings. The van der Waals surface area contributed by atoms with Crippen LogP contribution in [0.2, 0.25) is 0 Å². The van der Waals surface area contributed by atoms with E-state index in [9.17, 15) is 8.42 Å². The topological polar surface area (TPSA) is 34.1 Å². The number of rotatable bonds is 6. The molecule has 0 N–H and O–H groups in total. The highest BCUT2D eigenvalue weighted by molar-refractivity contribution is 7.95. The maximum atomic E-state index is 12.4. The van der Waals surface area contributed by atoms with Gasteiger partial charge < -0.3 is 0 Å². The van der Waals surface area contributed by atoms with Gasteiger partial charge in [-0.2, -0.15) is 0 Å². The Labute approximate surface area is 115 Å². The van der Waals surface area contributed by atoms with Crippen LogP contribution in [0.15, 0.2) is 58.9 Å². The van der Waals surface area contributed by atoms with Crippen molar-refractivity contribution >= 4 is 9.84 Å². The molecule has 0 amide bonds. The Morgan fingerprint density at radius 2 is 2.00 bits per heavy atom. The molecule has 0 radical (unpaired) electrons. The van der Waals surface area contributed by atoms with Crippen LogP contribution in [0.4, 0.5) is 0 Å². The van der Waals surface area contributed by atoms with E-state index in [-0.39, 0.29) is 0 Å². The van der Waals surface area contributed by atoms with E-state index >= 15 is 0 Å². The molecule has 0 heterocycles. The molecule has 19 heavy (non-hydrogen) atoms. The highest BCUT2D eigenvalue weighted by Gasteiger charge is 2.26. The average Bonchev–Trinajstić information content (AvgIpc) is 2.90. The predicted molar refractivity (Wildman–Crippen MR) is 78.5 cm³/mol. The molecule has 1 unspecified atom stereocenters. The summed E-state index contributed by atoms with van der Waals surface area (Å²) in [6, 6.07) is 8.70. The summed E-state index contributed by atoms with van der Waals surface area (Å²) in [7, 11) is -3.26. The summed E-state index contributed by atoms with van der Waals surface area (Å²) in [5, 5.41) is 0. The molecule has 0 fully saturated rings. The summed E-state index contributed by atoms with van der Waals surface area (Å²) in [5.41, 5.74) is 0. The van der Waals surface area contributed by atoms with Gasteiger partial charge in [0.05, 0.1) is 4.90 Å². The van der Waals surface area contributed by atoms with Crippen molar-refractivity contribution in [3.8, 4) is 0 Å². The molecule has 1 aliphatic rings. The largest absolute Gasteiger partial charge is 0.219 e. The predicted octanol–water partition coefficient (Wildman–Crippen LogP) is 4.11. The number of unbranched alkanes of at least 4 members (excludes halogenated alkanes) is 1. The summed E-state index contributed by atoms with van der Waals surface area (Å²) < 4.78 is 24.9. The van der Waals surface area contributed by atoms with Crippen LogP contribution in [0.3, 0.4) is 0 Å². The minimum atomic E-state index is -3.26. The van der Waals surface area contributed by atoms with Gasteiger partial charge >= 0.3 is 0 Å². The van der Waals surface area contributed by atoms with E-state index in [4.69, 9.17) is 0 Å². The van der Waals surface area contributed by atoms with Crippen LogP contribution in [0.1, 0.15) is 32.1 Å². The van der Waals surface area contributed by atoms with Gasteiger partial charge in [-0.05, 0) is 50.2 Å². The molecule has 3 heteroatoms. The fraction of sp³-hybridized carbons (Fsp3) is 0.375. The molecule has 0 spiro atoms. The van der Waals surface area contributed by atoms with E-state index in [1.54, 1.807) is 24.3 Å². The lowest BCUT2D eigenvalue weighted by molar-refractivity contribution is 0.554. The Morgan fingerprint density at radius 3 is 2.68 bits per heavy atom. The quantitative estimate of drug-likeness (QED) is 0.579. The van der Waals surface area contributed by atoms with Crippen molar-refractivity contribution in [2.75, 3.05) is 0 Å². The standard InChI is InChI=1S/C16H20O2S/c1-2-3-5-8-14-11-12-16(13-14)19(17,18)15-9-6-4-7-10-15/h2,4,6-7,9-10,13-14H,1,3,5,8,11-12H2. The molecule has 0 aromatic heterocycles. The number of sulfone groups is 1. The third kappa shape index (κ3) is 3.35. The van der Waals surface area contributed by atoms with Gasteiger partial charge in [-0.25, -0.2) is 8.42 Å². The smallest absolute Gasteiger partial charge is 0.202 e. The van der Waals surface area contributed by atoms with Crippen LogP contribution >= 0.6 is 0 Å². The Kier molecular flexibility index (Phi) is 4.59. The Morgan fingerprint density at radius 1 is 1.26 bits per heavy atom. The molecule has 2 rings (SSSR count). The first-order valence-electron chi connectivity index (χ1n) is 6.76. The Hall–Kier alpha value is -1.35. The summed E-state index contributed by atoms with van der Waals surface area (Å²) in [6.45, 7) is 3.71. The van der Waals surface area contributed by atoms with Crippen molar-refractivity contribution in [2.24, 2.45) is 5.92 Å². The van der Waals surface area contributed by atoms with Gasteiger partial charge in [-0.3, -0.25) is 0 Å². The van der Waals surface area contributed by atoms with E-state index in [2.05, 4.69) is 6.58 Å². The second-order valence-electron chi connectivity index (χ2n) is 4.97. The molecule has 2 nitrogen and oxygen atoms in total. The summed E-state index contributed by atoms with van der Waals surface area (Å²) >= 11 is 0. The van der Waals surface area contributed by atoms with Crippen molar-refractivity contribution in [2.45, 2.75) is 37.0 Å². The molecule has 0 saturated carbocycles. The van der Waals surface area contributed by atoms with Crippen LogP contribution in [0.25, 0.3) is 0 Å². The highest BCUT2D eigenvalue weighted by atomic mass is 32.2. The summed E-state index contributed by atoms with van der Waals surface area (Å²) in [6.07, 6.45) is 8.66. The Bertz CT molecular complexity index is 556. The molecule has 0 bridgehead atoms. The molecule has 0 saturated heterocycles. The first kappa shape index (κ1) is 14.1. The highest BCUT2D eigenvalue weighted by Crippen LogP contribution is 2.34. The normalized spacial score (nSPS) is 19.2. The molecule has 0 aliphatic heterocycles. The first-order valence-corrected chi connectivity index (χ1v) is 8.24. The van der Waals surface area contributed by atoms with E-state index in [1.165, 1.54) is 0 Å². The monoisotopic (exact) mass is 276 g/mol. The van der Waals surface area contributed by atoms with Gasteiger partial charge in [0, 0.05) is 4.91 Å². The maximum absolute atomic E-state index is 12.4. The van der Waals surface area contributed by atoms with E-state index in [0.717, 1.165) is 25.7 Å². The maximum Gasteiger partial charge on any atom is 0.202 e. The van der Waals surface area contributed by atoms with Crippen LogP contribution in [0.5, 0.6) is 0 Å². The summed E-state index contributed by atoms with van der Waals surface area (Å²) in [4.78, 5) is 1.01. The van der Waals surface area contributed by atoms with Gasteiger partial charge in [0.25, 0.3) is 0 Å². The average molecular weight is 276 g/mol. The fourth-order valence-electron chi connectivity index (χ4n) is 2.48. The number of allylic oxidation sites excluding steroid dienone is 3. The number of benzene rings is 1. The van der Waals surface area contributed by atoms with Crippen molar-refractivity contribution in [3.05, 3.63) is 54.0 Å². The lowest BCUT2D eigenvalue weighted by Crippen LogP contribution is -2.02. The van der Waals surface area contributed by atoms with Gasteiger partial charge in [-0.15, -0.1) is 6.58 Å². The van der Waals surface area contributed by atoms with Crippen LogP contribution in [0, 0.1) is 5.92 Å². The molecule has 1 atom stereocenters. The fourth-order valence-corrected chi connectivity index (χ4v) is 4.06. The van der Waals surface area contributed by atoms with Gasteiger partial charge in [0.1, 0.15) is 0 Å². The second-order valence-corrected chi connectivity index (χ2v) is 6.97. The first-order chi connectivity index (χ1) is 9.14. The van der Waals surface area contributed by atoms with Crippen LogP contribution < -0.4 is 0 Å². The van der Waals surface area contributed by atoms with E-state index < -0.39 is 9.84 Å². The third-order valence-corrected chi connectivity index (χ3v) is 5.49. The van der Waals surface area contributed by atoms with Gasteiger partial charge in [0.2, 0.25) is 9.84 Å². The number of hydrogen-bond acceptors (Lipinski definition) is 2. The van der Waals surface area contributed by atoms with Crippen LogP contribution in [-0.2, 0) is 9.84 Å². The Balaban J connectivity index is 2.10. The van der Waals surface area contributed by atoms with Crippen molar-refractivity contribution in [1.29, 1.82) is 0 Å². The summed E-state index contributed by atoms with van der Waals surface area (Å²) in [5.74, 6) is 0.411. The van der Waals surface area contributed by atoms with Crippen molar-refractivity contribution in [3.63, 3.8) is 0 Å². The molecule has 102 valence electrons. The lowest BCUT2D eigenvalue weighted by Gasteiger charge is -2.04. The second kappa shape index (κ2) is 6.20. The molecule has 1 aromatic carbocycles.